The second-order valence-corrected chi connectivity index (χ2v) is 6.01. The topological polar surface area (TPSA) is 62.2 Å². The quantitative estimate of drug-likeness (QED) is 0.623. The van der Waals surface area contributed by atoms with E-state index in [0.717, 1.165) is 17.7 Å². The second kappa shape index (κ2) is 7.09. The SMILES string of the molecule is CC(=O)Nc1ccc(C(C)(C)c2ccc(COC=N)cc2)cc1. The van der Waals surface area contributed by atoms with Crippen LogP contribution in [0.2, 0.25) is 0 Å². The zero-order valence-corrected chi connectivity index (χ0v) is 13.7. The lowest BCUT2D eigenvalue weighted by Gasteiger charge is -2.26. The van der Waals surface area contributed by atoms with Crippen molar-refractivity contribution in [3.05, 3.63) is 65.2 Å². The molecule has 1 amide bonds. The van der Waals surface area contributed by atoms with Gasteiger partial charge < -0.3 is 10.1 Å². The van der Waals surface area contributed by atoms with Gasteiger partial charge in [0.1, 0.15) is 6.61 Å². The van der Waals surface area contributed by atoms with Crippen LogP contribution in [0.4, 0.5) is 5.69 Å². The predicted molar refractivity (Wildman–Crippen MR) is 92.9 cm³/mol. The Labute approximate surface area is 137 Å². The van der Waals surface area contributed by atoms with E-state index in [1.165, 1.54) is 18.1 Å². The minimum absolute atomic E-state index is 0.0697. The molecule has 23 heavy (non-hydrogen) atoms. The van der Waals surface area contributed by atoms with E-state index in [1.807, 2.05) is 36.4 Å². The van der Waals surface area contributed by atoms with Gasteiger partial charge in [-0.15, -0.1) is 0 Å². The van der Waals surface area contributed by atoms with Gasteiger partial charge in [0.05, 0.1) is 0 Å². The van der Waals surface area contributed by atoms with E-state index in [-0.39, 0.29) is 11.3 Å². The van der Waals surface area contributed by atoms with Crippen LogP contribution in [-0.2, 0) is 21.6 Å². The number of benzene rings is 2. The van der Waals surface area contributed by atoms with Crippen molar-refractivity contribution >= 4 is 18.0 Å². The molecule has 2 aromatic carbocycles. The molecule has 2 rings (SSSR count). The fraction of sp³-hybridized carbons (Fsp3) is 0.263. The third-order valence-electron chi connectivity index (χ3n) is 3.94. The summed E-state index contributed by atoms with van der Waals surface area (Å²) in [6.07, 6.45) is 0.953. The summed E-state index contributed by atoms with van der Waals surface area (Å²) >= 11 is 0. The molecular weight excluding hydrogens is 288 g/mol. The van der Waals surface area contributed by atoms with Gasteiger partial charge in [0, 0.05) is 18.0 Å². The average Bonchev–Trinajstić information content (AvgIpc) is 2.53. The van der Waals surface area contributed by atoms with Crippen LogP contribution in [0.3, 0.4) is 0 Å². The van der Waals surface area contributed by atoms with Crippen LogP contribution in [-0.4, -0.2) is 12.3 Å². The fourth-order valence-electron chi connectivity index (χ4n) is 2.50. The Morgan fingerprint density at radius 1 is 1.09 bits per heavy atom. The van der Waals surface area contributed by atoms with Crippen LogP contribution in [0.1, 0.15) is 37.5 Å². The van der Waals surface area contributed by atoms with Crippen LogP contribution in [0.25, 0.3) is 0 Å². The molecule has 0 bridgehead atoms. The molecule has 120 valence electrons. The summed E-state index contributed by atoms with van der Waals surface area (Å²) in [6.45, 7) is 6.25. The summed E-state index contributed by atoms with van der Waals surface area (Å²) < 4.78 is 4.98. The Kier molecular flexibility index (Phi) is 5.16. The second-order valence-electron chi connectivity index (χ2n) is 6.01. The van der Waals surface area contributed by atoms with Gasteiger partial charge in [-0.3, -0.25) is 10.2 Å². The zero-order valence-electron chi connectivity index (χ0n) is 13.7. The summed E-state index contributed by atoms with van der Waals surface area (Å²) in [5.41, 5.74) is 4.07. The van der Waals surface area contributed by atoms with Crippen molar-refractivity contribution in [2.45, 2.75) is 32.8 Å². The van der Waals surface area contributed by atoms with E-state index in [0.29, 0.717) is 6.61 Å². The molecule has 0 fully saturated rings. The summed E-state index contributed by atoms with van der Waals surface area (Å²) in [7, 11) is 0. The molecule has 0 heterocycles. The lowest BCUT2D eigenvalue weighted by atomic mass is 9.78. The highest BCUT2D eigenvalue weighted by atomic mass is 16.5. The van der Waals surface area contributed by atoms with Crippen molar-refractivity contribution in [3.8, 4) is 0 Å². The zero-order chi connectivity index (χ0) is 16.9. The first kappa shape index (κ1) is 16.7. The highest BCUT2D eigenvalue weighted by molar-refractivity contribution is 5.88. The molecular formula is C19H22N2O2. The van der Waals surface area contributed by atoms with Crippen molar-refractivity contribution in [3.63, 3.8) is 0 Å². The summed E-state index contributed by atoms with van der Waals surface area (Å²) in [5.74, 6) is -0.0697. The molecule has 0 atom stereocenters. The number of hydrogen-bond donors (Lipinski definition) is 2. The molecule has 0 spiro atoms. The predicted octanol–water partition coefficient (Wildman–Crippen LogP) is 4.09. The van der Waals surface area contributed by atoms with Gasteiger partial charge in [0.15, 0.2) is 6.40 Å². The third-order valence-corrected chi connectivity index (χ3v) is 3.94. The molecule has 4 nitrogen and oxygen atoms in total. The van der Waals surface area contributed by atoms with Crippen LogP contribution in [0.5, 0.6) is 0 Å². The number of carbonyl (C=O) groups is 1. The van der Waals surface area contributed by atoms with Gasteiger partial charge in [0.2, 0.25) is 5.91 Å². The summed E-state index contributed by atoms with van der Waals surface area (Å²) in [5, 5.41) is 9.67. The van der Waals surface area contributed by atoms with Crippen LogP contribution >= 0.6 is 0 Å². The monoisotopic (exact) mass is 310 g/mol. The van der Waals surface area contributed by atoms with Crippen molar-refractivity contribution in [2.24, 2.45) is 0 Å². The van der Waals surface area contributed by atoms with Gasteiger partial charge in [-0.05, 0) is 28.8 Å². The standard InChI is InChI=1S/C19H22N2O2/c1-14(22)21-18-10-8-17(9-11-18)19(2,3)16-6-4-15(5-7-16)12-23-13-20/h4-11,13,20H,12H2,1-3H3,(H,21,22). The fourth-order valence-corrected chi connectivity index (χ4v) is 2.50. The first-order valence-corrected chi connectivity index (χ1v) is 7.51. The maximum atomic E-state index is 11.1. The molecule has 0 saturated heterocycles. The van der Waals surface area contributed by atoms with Crippen LogP contribution in [0.15, 0.2) is 48.5 Å². The molecule has 4 heteroatoms. The Hall–Kier alpha value is -2.62. The van der Waals surface area contributed by atoms with Gasteiger partial charge >= 0.3 is 0 Å². The number of nitrogens with one attached hydrogen (secondary N) is 2. The van der Waals surface area contributed by atoms with Gasteiger partial charge in [-0.1, -0.05) is 50.2 Å². The Balaban J connectivity index is 2.19. The number of hydrogen-bond acceptors (Lipinski definition) is 3. The van der Waals surface area contributed by atoms with Crippen molar-refractivity contribution < 1.29 is 9.53 Å². The molecule has 0 unspecified atom stereocenters. The first-order valence-electron chi connectivity index (χ1n) is 7.51. The largest absolute Gasteiger partial charge is 0.479 e. The highest BCUT2D eigenvalue weighted by Gasteiger charge is 2.22. The van der Waals surface area contributed by atoms with Crippen molar-refractivity contribution in [2.75, 3.05) is 5.32 Å². The minimum Gasteiger partial charge on any atom is -0.479 e. The molecule has 0 aliphatic rings. The molecule has 2 N–H and O–H groups in total. The average molecular weight is 310 g/mol. The number of amides is 1. The lowest BCUT2D eigenvalue weighted by Crippen LogP contribution is -2.19. The molecule has 0 saturated carbocycles. The third kappa shape index (κ3) is 4.19. The maximum Gasteiger partial charge on any atom is 0.221 e. The lowest BCUT2D eigenvalue weighted by molar-refractivity contribution is -0.114. The summed E-state index contributed by atoms with van der Waals surface area (Å²) in [6, 6.07) is 16.1. The molecule has 0 aromatic heterocycles. The van der Waals surface area contributed by atoms with Gasteiger partial charge in [-0.25, -0.2) is 0 Å². The van der Waals surface area contributed by atoms with Crippen LogP contribution < -0.4 is 5.32 Å². The number of anilines is 1. The van der Waals surface area contributed by atoms with E-state index < -0.39 is 0 Å². The van der Waals surface area contributed by atoms with E-state index in [4.69, 9.17) is 10.1 Å². The van der Waals surface area contributed by atoms with Crippen molar-refractivity contribution in [1.82, 2.24) is 0 Å². The number of rotatable bonds is 6. The first-order chi connectivity index (χ1) is 10.9. The Bertz CT molecular complexity index is 674. The van der Waals surface area contributed by atoms with Gasteiger partial charge in [0.25, 0.3) is 0 Å². The number of carbonyl (C=O) groups excluding carboxylic acids is 1. The molecule has 0 radical (unpaired) electrons. The Morgan fingerprint density at radius 3 is 2.09 bits per heavy atom. The maximum absolute atomic E-state index is 11.1. The Morgan fingerprint density at radius 2 is 1.61 bits per heavy atom. The van der Waals surface area contributed by atoms with Crippen molar-refractivity contribution in [1.29, 1.82) is 5.41 Å². The number of ether oxygens (including phenoxy) is 1. The molecule has 0 aliphatic carbocycles. The van der Waals surface area contributed by atoms with Gasteiger partial charge in [-0.2, -0.15) is 0 Å². The molecule has 0 aliphatic heterocycles. The van der Waals surface area contributed by atoms with E-state index in [2.05, 4.69) is 31.3 Å². The normalized spacial score (nSPS) is 10.9. The van der Waals surface area contributed by atoms with Crippen LogP contribution in [0, 0.1) is 5.41 Å². The molecule has 2 aromatic rings. The minimum atomic E-state index is -0.143. The van der Waals surface area contributed by atoms with E-state index in [9.17, 15) is 4.79 Å². The smallest absolute Gasteiger partial charge is 0.221 e. The summed E-state index contributed by atoms with van der Waals surface area (Å²) in [4.78, 5) is 11.1. The highest BCUT2D eigenvalue weighted by Crippen LogP contribution is 2.32. The van der Waals surface area contributed by atoms with E-state index >= 15 is 0 Å². The van der Waals surface area contributed by atoms with E-state index in [1.54, 1.807) is 0 Å².